The Morgan fingerprint density at radius 1 is 1.03 bits per heavy atom. The van der Waals surface area contributed by atoms with Gasteiger partial charge in [0.15, 0.2) is 0 Å². The molecule has 0 aromatic heterocycles. The number of aryl methyl sites for hydroxylation is 1. The van der Waals surface area contributed by atoms with Gasteiger partial charge in [-0.2, -0.15) is 0 Å². The summed E-state index contributed by atoms with van der Waals surface area (Å²) in [4.78, 5) is 12.7. The topological polar surface area (TPSA) is 75.7 Å². The third-order valence-electron chi connectivity index (χ3n) is 4.63. The predicted octanol–water partition coefficient (Wildman–Crippen LogP) is 4.17. The Labute approximate surface area is 187 Å². The molecule has 0 spiro atoms. The molecule has 3 aromatic rings. The van der Waals surface area contributed by atoms with Crippen LogP contribution < -0.4 is 14.4 Å². The summed E-state index contributed by atoms with van der Waals surface area (Å²) in [7, 11) is -2.40. The molecule has 0 atom stereocenters. The van der Waals surface area contributed by atoms with E-state index < -0.39 is 15.9 Å². The van der Waals surface area contributed by atoms with Gasteiger partial charge >= 0.3 is 0 Å². The molecule has 6 nitrogen and oxygen atoms in total. The Balaban J connectivity index is 1.82. The third kappa shape index (κ3) is 5.77. The van der Waals surface area contributed by atoms with Crippen LogP contribution in [0.5, 0.6) is 5.75 Å². The van der Waals surface area contributed by atoms with Gasteiger partial charge in [-0.15, -0.1) is 0 Å². The summed E-state index contributed by atoms with van der Waals surface area (Å²) in [5, 5.41) is 3.21. The fourth-order valence-electron chi connectivity index (χ4n) is 2.96. The number of sulfonamides is 1. The number of nitrogens with zero attached hydrogens (tertiary/aromatic N) is 1. The average molecular weight is 459 g/mol. The summed E-state index contributed by atoms with van der Waals surface area (Å²) >= 11 is 5.90. The van der Waals surface area contributed by atoms with Crippen molar-refractivity contribution < 1.29 is 17.9 Å². The van der Waals surface area contributed by atoms with Crippen LogP contribution in [0.15, 0.2) is 77.7 Å². The number of nitrogens with one attached hydrogen (secondary N) is 1. The highest BCUT2D eigenvalue weighted by Gasteiger charge is 2.27. The first kappa shape index (κ1) is 22.7. The first-order valence-corrected chi connectivity index (χ1v) is 11.4. The summed E-state index contributed by atoms with van der Waals surface area (Å²) < 4.78 is 32.9. The van der Waals surface area contributed by atoms with Crippen molar-refractivity contribution in [2.75, 3.05) is 18.0 Å². The van der Waals surface area contributed by atoms with Gasteiger partial charge in [-0.3, -0.25) is 9.10 Å². The van der Waals surface area contributed by atoms with Gasteiger partial charge in [0.2, 0.25) is 5.91 Å². The Kier molecular flexibility index (Phi) is 7.20. The molecule has 1 amide bonds. The molecule has 1 N–H and O–H groups in total. The molecule has 0 aliphatic carbocycles. The van der Waals surface area contributed by atoms with Crippen molar-refractivity contribution in [1.29, 1.82) is 0 Å². The summed E-state index contributed by atoms with van der Waals surface area (Å²) in [5.41, 5.74) is 2.17. The number of anilines is 1. The van der Waals surface area contributed by atoms with E-state index in [9.17, 15) is 13.2 Å². The highest BCUT2D eigenvalue weighted by molar-refractivity contribution is 7.92. The third-order valence-corrected chi connectivity index (χ3v) is 6.67. The number of rotatable bonds is 8. The van der Waals surface area contributed by atoms with Crippen LogP contribution in [0.3, 0.4) is 0 Å². The fraction of sp³-hybridized carbons (Fsp3) is 0.174. The van der Waals surface area contributed by atoms with E-state index in [0.29, 0.717) is 10.7 Å². The smallest absolute Gasteiger partial charge is 0.264 e. The van der Waals surface area contributed by atoms with E-state index in [1.54, 1.807) is 37.4 Å². The highest BCUT2D eigenvalue weighted by atomic mass is 35.5. The number of halogens is 1. The van der Waals surface area contributed by atoms with Crippen LogP contribution in [0.1, 0.15) is 11.1 Å². The zero-order chi connectivity index (χ0) is 22.4. The van der Waals surface area contributed by atoms with Crippen LogP contribution in [0.2, 0.25) is 5.02 Å². The molecule has 0 saturated heterocycles. The first-order valence-electron chi connectivity index (χ1n) is 9.54. The highest BCUT2D eigenvalue weighted by Crippen LogP contribution is 2.25. The van der Waals surface area contributed by atoms with Crippen LogP contribution in [0, 0.1) is 6.92 Å². The molecule has 0 radical (unpaired) electrons. The molecular formula is C23H23ClN2O4S. The molecule has 0 unspecified atom stereocenters. The van der Waals surface area contributed by atoms with Gasteiger partial charge in [0.05, 0.1) is 17.7 Å². The lowest BCUT2D eigenvalue weighted by Crippen LogP contribution is -2.40. The summed E-state index contributed by atoms with van der Waals surface area (Å²) in [6.07, 6.45) is 0. The minimum Gasteiger partial charge on any atom is -0.497 e. The maximum atomic E-state index is 13.3. The van der Waals surface area contributed by atoms with Crippen LogP contribution in [0.4, 0.5) is 5.69 Å². The van der Waals surface area contributed by atoms with Crippen LogP contribution in [0.25, 0.3) is 0 Å². The molecule has 31 heavy (non-hydrogen) atoms. The number of hydrogen-bond donors (Lipinski definition) is 1. The zero-order valence-electron chi connectivity index (χ0n) is 17.2. The monoisotopic (exact) mass is 458 g/mol. The van der Waals surface area contributed by atoms with Gasteiger partial charge in [0, 0.05) is 11.6 Å². The number of carbonyl (C=O) groups excluding carboxylic acids is 1. The molecule has 3 rings (SSSR count). The number of ether oxygens (including phenoxy) is 1. The quantitative estimate of drug-likeness (QED) is 0.549. The Morgan fingerprint density at radius 3 is 2.32 bits per heavy atom. The molecule has 0 bridgehead atoms. The van der Waals surface area contributed by atoms with Gasteiger partial charge in [0.1, 0.15) is 12.3 Å². The molecule has 0 aliphatic heterocycles. The second-order valence-electron chi connectivity index (χ2n) is 6.93. The van der Waals surface area contributed by atoms with Gasteiger partial charge in [-0.05, 0) is 66.6 Å². The second kappa shape index (κ2) is 9.85. The fourth-order valence-corrected chi connectivity index (χ4v) is 4.50. The number of hydrogen-bond acceptors (Lipinski definition) is 4. The van der Waals surface area contributed by atoms with Crippen molar-refractivity contribution in [2.24, 2.45) is 0 Å². The van der Waals surface area contributed by atoms with Crippen molar-refractivity contribution in [3.05, 3.63) is 88.9 Å². The Bertz CT molecular complexity index is 1150. The van der Waals surface area contributed by atoms with Crippen LogP contribution in [-0.4, -0.2) is 28.0 Å². The Hall–Kier alpha value is -3.03. The van der Waals surface area contributed by atoms with Crippen molar-refractivity contribution >= 4 is 33.2 Å². The van der Waals surface area contributed by atoms with Gasteiger partial charge in [-0.25, -0.2) is 8.42 Å². The molecule has 0 heterocycles. The maximum absolute atomic E-state index is 13.3. The first-order chi connectivity index (χ1) is 14.8. The van der Waals surface area contributed by atoms with Gasteiger partial charge in [-0.1, -0.05) is 35.9 Å². The van der Waals surface area contributed by atoms with E-state index in [-0.39, 0.29) is 18.0 Å². The number of carbonyl (C=O) groups is 1. The predicted molar refractivity (Wildman–Crippen MR) is 122 cm³/mol. The lowest BCUT2D eigenvalue weighted by Gasteiger charge is -2.24. The SMILES string of the molecule is COc1ccc(CNC(=O)CN(c2cccc(C)c2)S(=O)(=O)c2ccc(Cl)cc2)cc1. The summed E-state index contributed by atoms with van der Waals surface area (Å²) in [6.45, 7) is 1.77. The molecule has 0 fully saturated rings. The standard InChI is InChI=1S/C23H23ClN2O4S/c1-17-4-3-5-20(14-17)26(31(28,29)22-12-8-19(24)9-13-22)16-23(27)25-15-18-6-10-21(30-2)11-7-18/h3-14H,15-16H2,1-2H3,(H,25,27). The van der Waals surface area contributed by atoms with Gasteiger partial charge in [0.25, 0.3) is 10.0 Å². The van der Waals surface area contributed by atoms with Crippen molar-refractivity contribution in [3.8, 4) is 5.75 Å². The average Bonchev–Trinajstić information content (AvgIpc) is 2.76. The van der Waals surface area contributed by atoms with Crippen molar-refractivity contribution in [1.82, 2.24) is 5.32 Å². The second-order valence-corrected chi connectivity index (χ2v) is 9.23. The lowest BCUT2D eigenvalue weighted by atomic mass is 10.2. The normalized spacial score (nSPS) is 11.1. The molecule has 162 valence electrons. The lowest BCUT2D eigenvalue weighted by molar-refractivity contribution is -0.119. The largest absolute Gasteiger partial charge is 0.497 e. The van der Waals surface area contributed by atoms with Crippen LogP contribution >= 0.6 is 11.6 Å². The van der Waals surface area contributed by atoms with E-state index in [2.05, 4.69) is 5.32 Å². The molecule has 3 aromatic carbocycles. The molecule has 0 saturated carbocycles. The van der Waals surface area contributed by atoms with E-state index in [1.807, 2.05) is 25.1 Å². The number of benzene rings is 3. The van der Waals surface area contributed by atoms with Crippen LogP contribution in [-0.2, 0) is 21.4 Å². The minimum absolute atomic E-state index is 0.0568. The van der Waals surface area contributed by atoms with Gasteiger partial charge < -0.3 is 10.1 Å². The molecule has 8 heteroatoms. The summed E-state index contributed by atoms with van der Waals surface area (Å²) in [6, 6.07) is 20.1. The van der Waals surface area contributed by atoms with E-state index in [1.165, 1.54) is 24.3 Å². The van der Waals surface area contributed by atoms with Crippen molar-refractivity contribution in [3.63, 3.8) is 0 Å². The van der Waals surface area contributed by atoms with E-state index in [4.69, 9.17) is 16.3 Å². The zero-order valence-corrected chi connectivity index (χ0v) is 18.8. The van der Waals surface area contributed by atoms with E-state index >= 15 is 0 Å². The van der Waals surface area contributed by atoms with E-state index in [0.717, 1.165) is 21.2 Å². The summed E-state index contributed by atoms with van der Waals surface area (Å²) in [5.74, 6) is 0.296. The Morgan fingerprint density at radius 2 is 1.71 bits per heavy atom. The van der Waals surface area contributed by atoms with Crippen molar-refractivity contribution in [2.45, 2.75) is 18.4 Å². The maximum Gasteiger partial charge on any atom is 0.264 e. The molecule has 0 aliphatic rings. The number of amides is 1. The molecular weight excluding hydrogens is 436 g/mol. The number of methoxy groups -OCH3 is 1. The minimum atomic E-state index is -3.98.